The molecule has 0 heterocycles. The average molecular weight is 290 g/mol. The molecule has 1 aliphatic rings. The van der Waals surface area contributed by atoms with Crippen LogP contribution in [0, 0.1) is 5.92 Å². The monoisotopic (exact) mass is 289 g/mol. The first-order chi connectivity index (χ1) is 8.49. The molecular formula is C12H13Cl2NO3. The zero-order chi connectivity index (χ0) is 13.3. The predicted octanol–water partition coefficient (Wildman–Crippen LogP) is 2.65. The molecule has 98 valence electrons. The molecule has 0 amide bonds. The fraction of sp³-hybridized carbons (Fsp3) is 0.417. The summed E-state index contributed by atoms with van der Waals surface area (Å²) in [6, 6.07) is 2.43. The number of hydrogen-bond acceptors (Lipinski definition) is 3. The van der Waals surface area contributed by atoms with E-state index in [0.717, 1.165) is 12.8 Å². The standard InChI is InChI=1S/C12H13Cl2NO3/c13-8-3-7(11(16)9(14)4-8)5-15-10(12(17)18)6-1-2-6/h3-4,6,10,15-16H,1-2,5H2,(H,17,18). The summed E-state index contributed by atoms with van der Waals surface area (Å²) >= 11 is 11.6. The van der Waals surface area contributed by atoms with Crippen LogP contribution in [0.5, 0.6) is 5.75 Å². The number of halogens is 2. The Morgan fingerprint density at radius 3 is 2.67 bits per heavy atom. The molecule has 0 radical (unpaired) electrons. The van der Waals surface area contributed by atoms with E-state index in [1.165, 1.54) is 6.07 Å². The molecule has 0 aromatic heterocycles. The summed E-state index contributed by atoms with van der Waals surface area (Å²) in [6.45, 7) is 0.222. The largest absolute Gasteiger partial charge is 0.506 e. The summed E-state index contributed by atoms with van der Waals surface area (Å²) < 4.78 is 0. The first-order valence-corrected chi connectivity index (χ1v) is 6.37. The van der Waals surface area contributed by atoms with Gasteiger partial charge < -0.3 is 10.2 Å². The third-order valence-electron chi connectivity index (χ3n) is 2.98. The fourth-order valence-electron chi connectivity index (χ4n) is 1.86. The van der Waals surface area contributed by atoms with E-state index < -0.39 is 12.0 Å². The second-order valence-electron chi connectivity index (χ2n) is 4.43. The normalized spacial score (nSPS) is 16.6. The van der Waals surface area contributed by atoms with Crippen LogP contribution in [0.15, 0.2) is 12.1 Å². The second kappa shape index (κ2) is 5.34. The van der Waals surface area contributed by atoms with Crippen LogP contribution in [0.2, 0.25) is 10.0 Å². The number of phenolic OH excluding ortho intramolecular Hbond substituents is 1. The molecule has 18 heavy (non-hydrogen) atoms. The quantitative estimate of drug-likeness (QED) is 0.779. The SMILES string of the molecule is O=C(O)C(NCc1cc(Cl)cc(Cl)c1O)C1CC1. The Balaban J connectivity index is 2.07. The molecule has 3 N–H and O–H groups in total. The van der Waals surface area contributed by atoms with Crippen molar-refractivity contribution in [3.05, 3.63) is 27.7 Å². The number of carboxylic acids is 1. The zero-order valence-electron chi connectivity index (χ0n) is 9.49. The summed E-state index contributed by atoms with van der Waals surface area (Å²) in [5, 5.41) is 22.3. The van der Waals surface area contributed by atoms with E-state index in [2.05, 4.69) is 5.32 Å². The summed E-state index contributed by atoms with van der Waals surface area (Å²) in [5.41, 5.74) is 0.499. The van der Waals surface area contributed by atoms with Crippen LogP contribution in [-0.4, -0.2) is 22.2 Å². The molecule has 2 rings (SSSR count). The lowest BCUT2D eigenvalue weighted by Gasteiger charge is -2.14. The van der Waals surface area contributed by atoms with Crippen molar-refractivity contribution < 1.29 is 15.0 Å². The van der Waals surface area contributed by atoms with Crippen LogP contribution in [0.1, 0.15) is 18.4 Å². The molecule has 4 nitrogen and oxygen atoms in total. The van der Waals surface area contributed by atoms with Crippen molar-refractivity contribution in [3.8, 4) is 5.75 Å². The molecule has 1 aromatic carbocycles. The number of nitrogens with one attached hydrogen (secondary N) is 1. The van der Waals surface area contributed by atoms with Crippen LogP contribution in [-0.2, 0) is 11.3 Å². The van der Waals surface area contributed by atoms with Crippen LogP contribution in [0.25, 0.3) is 0 Å². The van der Waals surface area contributed by atoms with Gasteiger partial charge in [0.15, 0.2) is 0 Å². The zero-order valence-corrected chi connectivity index (χ0v) is 11.0. The fourth-order valence-corrected chi connectivity index (χ4v) is 2.39. The van der Waals surface area contributed by atoms with E-state index >= 15 is 0 Å². The number of carbonyl (C=O) groups is 1. The van der Waals surface area contributed by atoms with Gasteiger partial charge in [-0.1, -0.05) is 23.2 Å². The molecule has 1 aliphatic carbocycles. The van der Waals surface area contributed by atoms with Gasteiger partial charge in [0.1, 0.15) is 11.8 Å². The van der Waals surface area contributed by atoms with Gasteiger partial charge in [0, 0.05) is 17.1 Å². The summed E-state index contributed by atoms with van der Waals surface area (Å²) in [6.07, 6.45) is 1.85. The van der Waals surface area contributed by atoms with Gasteiger partial charge in [0.05, 0.1) is 5.02 Å². The van der Waals surface area contributed by atoms with E-state index in [4.69, 9.17) is 28.3 Å². The highest BCUT2D eigenvalue weighted by Gasteiger charge is 2.35. The van der Waals surface area contributed by atoms with E-state index in [-0.39, 0.29) is 23.2 Å². The Bertz CT molecular complexity index is 475. The number of rotatable bonds is 5. The maximum absolute atomic E-state index is 11.0. The van der Waals surface area contributed by atoms with Crippen LogP contribution < -0.4 is 5.32 Å². The lowest BCUT2D eigenvalue weighted by Crippen LogP contribution is -2.38. The second-order valence-corrected chi connectivity index (χ2v) is 5.27. The van der Waals surface area contributed by atoms with Gasteiger partial charge in [-0.05, 0) is 30.9 Å². The van der Waals surface area contributed by atoms with Gasteiger partial charge in [-0.2, -0.15) is 0 Å². The van der Waals surface area contributed by atoms with Gasteiger partial charge >= 0.3 is 5.97 Å². The number of phenols is 1. The minimum Gasteiger partial charge on any atom is -0.506 e. The molecule has 0 bridgehead atoms. The molecule has 6 heteroatoms. The molecule has 1 saturated carbocycles. The minimum absolute atomic E-state index is 0.0616. The van der Waals surface area contributed by atoms with Gasteiger partial charge in [0.2, 0.25) is 0 Å². The highest BCUT2D eigenvalue weighted by molar-refractivity contribution is 6.35. The summed E-state index contributed by atoms with van der Waals surface area (Å²) in [4.78, 5) is 11.0. The molecule has 0 saturated heterocycles. The Kier molecular flexibility index (Phi) is 4.00. The van der Waals surface area contributed by atoms with Crippen molar-refractivity contribution in [2.45, 2.75) is 25.4 Å². The number of aliphatic carboxylic acids is 1. The topological polar surface area (TPSA) is 69.6 Å². The Morgan fingerprint density at radius 1 is 1.44 bits per heavy atom. The molecule has 1 unspecified atom stereocenters. The summed E-state index contributed by atoms with van der Waals surface area (Å²) in [7, 11) is 0. The minimum atomic E-state index is -0.870. The Hall–Kier alpha value is -0.970. The summed E-state index contributed by atoms with van der Waals surface area (Å²) in [5.74, 6) is -0.752. The molecular weight excluding hydrogens is 277 g/mol. The van der Waals surface area contributed by atoms with Crippen LogP contribution in [0.3, 0.4) is 0 Å². The molecule has 0 spiro atoms. The number of benzene rings is 1. The van der Waals surface area contributed by atoms with Crippen LogP contribution in [0.4, 0.5) is 0 Å². The van der Waals surface area contributed by atoms with Crippen molar-refractivity contribution >= 4 is 29.2 Å². The third-order valence-corrected chi connectivity index (χ3v) is 3.49. The Morgan fingerprint density at radius 2 is 2.11 bits per heavy atom. The first-order valence-electron chi connectivity index (χ1n) is 5.62. The maximum atomic E-state index is 11.0. The van der Waals surface area contributed by atoms with Gasteiger partial charge in [0.25, 0.3) is 0 Å². The van der Waals surface area contributed by atoms with E-state index in [9.17, 15) is 9.90 Å². The smallest absolute Gasteiger partial charge is 0.320 e. The molecule has 1 fully saturated rings. The van der Waals surface area contributed by atoms with E-state index in [0.29, 0.717) is 10.6 Å². The Labute approximate surface area is 115 Å². The van der Waals surface area contributed by atoms with Crippen molar-refractivity contribution in [1.82, 2.24) is 5.32 Å². The lowest BCUT2D eigenvalue weighted by molar-refractivity contribution is -0.140. The van der Waals surface area contributed by atoms with Crippen molar-refractivity contribution in [1.29, 1.82) is 0 Å². The lowest BCUT2D eigenvalue weighted by atomic mass is 10.1. The predicted molar refractivity (Wildman–Crippen MR) is 69.1 cm³/mol. The number of hydrogen-bond donors (Lipinski definition) is 3. The molecule has 0 aliphatic heterocycles. The highest BCUT2D eigenvalue weighted by Crippen LogP contribution is 2.34. The van der Waals surface area contributed by atoms with Crippen molar-refractivity contribution in [3.63, 3.8) is 0 Å². The number of aromatic hydroxyl groups is 1. The average Bonchev–Trinajstić information content (AvgIpc) is 3.08. The first kappa shape index (κ1) is 13.5. The van der Waals surface area contributed by atoms with Gasteiger partial charge in [-0.25, -0.2) is 0 Å². The van der Waals surface area contributed by atoms with Crippen LogP contribution >= 0.6 is 23.2 Å². The molecule has 1 atom stereocenters. The maximum Gasteiger partial charge on any atom is 0.320 e. The van der Waals surface area contributed by atoms with Gasteiger partial charge in [-0.15, -0.1) is 0 Å². The highest BCUT2D eigenvalue weighted by atomic mass is 35.5. The third kappa shape index (κ3) is 3.07. The molecule has 1 aromatic rings. The van der Waals surface area contributed by atoms with Gasteiger partial charge in [-0.3, -0.25) is 10.1 Å². The van der Waals surface area contributed by atoms with E-state index in [1.54, 1.807) is 6.07 Å². The number of carboxylic acid groups (broad SMARTS) is 1. The van der Waals surface area contributed by atoms with Crippen molar-refractivity contribution in [2.75, 3.05) is 0 Å². The van der Waals surface area contributed by atoms with E-state index in [1.807, 2.05) is 0 Å². The van der Waals surface area contributed by atoms with Crippen molar-refractivity contribution in [2.24, 2.45) is 5.92 Å².